The molecule has 0 aromatic carbocycles. The van der Waals surface area contributed by atoms with Crippen molar-refractivity contribution in [3.63, 3.8) is 0 Å². The number of nitrogens with zero attached hydrogens (tertiary/aromatic N) is 1. The molecule has 0 spiro atoms. The standard InChI is InChI=1S/C19H42N2/c1-9-11-12-14-21(17(3)4)16-19(8,13-10-2)15-20-18(5,6)7/h17,20H,9-16H2,1-8H3. The highest BCUT2D eigenvalue weighted by Crippen LogP contribution is 2.26. The molecule has 1 atom stereocenters. The molecule has 0 fully saturated rings. The van der Waals surface area contributed by atoms with Crippen LogP contribution in [-0.4, -0.2) is 36.1 Å². The summed E-state index contributed by atoms with van der Waals surface area (Å²) in [5.41, 5.74) is 0.582. The third-order valence-electron chi connectivity index (χ3n) is 4.26. The van der Waals surface area contributed by atoms with E-state index < -0.39 is 0 Å². The summed E-state index contributed by atoms with van der Waals surface area (Å²) in [6.45, 7) is 22.1. The lowest BCUT2D eigenvalue weighted by molar-refractivity contribution is 0.114. The fourth-order valence-electron chi connectivity index (χ4n) is 2.88. The van der Waals surface area contributed by atoms with Gasteiger partial charge in [0.1, 0.15) is 0 Å². The molecule has 0 amide bonds. The first-order valence-electron chi connectivity index (χ1n) is 9.12. The fraction of sp³-hybridized carbons (Fsp3) is 1.00. The second-order valence-electron chi connectivity index (χ2n) is 8.44. The van der Waals surface area contributed by atoms with Gasteiger partial charge in [-0.3, -0.25) is 0 Å². The second kappa shape index (κ2) is 9.84. The summed E-state index contributed by atoms with van der Waals surface area (Å²) >= 11 is 0. The number of hydrogen-bond donors (Lipinski definition) is 1. The number of nitrogens with one attached hydrogen (secondary N) is 1. The van der Waals surface area contributed by atoms with E-state index in [-0.39, 0.29) is 5.54 Å². The van der Waals surface area contributed by atoms with Crippen LogP contribution in [0.5, 0.6) is 0 Å². The minimum atomic E-state index is 0.208. The van der Waals surface area contributed by atoms with E-state index in [1.165, 1.54) is 45.2 Å². The van der Waals surface area contributed by atoms with Gasteiger partial charge in [0.05, 0.1) is 0 Å². The van der Waals surface area contributed by atoms with Crippen LogP contribution in [0.1, 0.15) is 87.5 Å². The molecule has 128 valence electrons. The Morgan fingerprint density at radius 1 is 0.952 bits per heavy atom. The quantitative estimate of drug-likeness (QED) is 0.535. The van der Waals surface area contributed by atoms with Crippen molar-refractivity contribution in [3.05, 3.63) is 0 Å². The van der Waals surface area contributed by atoms with Gasteiger partial charge in [0.15, 0.2) is 0 Å². The second-order valence-corrected chi connectivity index (χ2v) is 8.44. The Balaban J connectivity index is 4.66. The average molecular weight is 299 g/mol. The van der Waals surface area contributed by atoms with E-state index >= 15 is 0 Å². The zero-order valence-electron chi connectivity index (χ0n) is 16.2. The van der Waals surface area contributed by atoms with Crippen LogP contribution in [0.3, 0.4) is 0 Å². The first kappa shape index (κ1) is 20.9. The van der Waals surface area contributed by atoms with Gasteiger partial charge >= 0.3 is 0 Å². The Morgan fingerprint density at radius 3 is 2.00 bits per heavy atom. The topological polar surface area (TPSA) is 15.3 Å². The highest BCUT2D eigenvalue weighted by atomic mass is 15.2. The summed E-state index contributed by atoms with van der Waals surface area (Å²) < 4.78 is 0. The lowest BCUT2D eigenvalue weighted by atomic mass is 9.83. The molecule has 1 unspecified atom stereocenters. The molecule has 0 aromatic heterocycles. The molecule has 1 N–H and O–H groups in total. The molecular weight excluding hydrogens is 256 g/mol. The van der Waals surface area contributed by atoms with Crippen molar-refractivity contribution in [3.8, 4) is 0 Å². The van der Waals surface area contributed by atoms with Gasteiger partial charge in [-0.2, -0.15) is 0 Å². The molecule has 0 saturated carbocycles. The molecule has 0 aromatic rings. The summed E-state index contributed by atoms with van der Waals surface area (Å²) in [7, 11) is 0. The number of hydrogen-bond acceptors (Lipinski definition) is 2. The monoisotopic (exact) mass is 298 g/mol. The predicted octanol–water partition coefficient (Wildman–Crippen LogP) is 5.08. The fourth-order valence-corrected chi connectivity index (χ4v) is 2.88. The van der Waals surface area contributed by atoms with E-state index in [9.17, 15) is 0 Å². The van der Waals surface area contributed by atoms with Crippen LogP contribution in [0.25, 0.3) is 0 Å². The van der Waals surface area contributed by atoms with Crippen molar-refractivity contribution in [1.82, 2.24) is 10.2 Å². The Hall–Kier alpha value is -0.0800. The smallest absolute Gasteiger partial charge is 0.00967 e. The van der Waals surface area contributed by atoms with Crippen molar-refractivity contribution in [2.24, 2.45) is 5.41 Å². The lowest BCUT2D eigenvalue weighted by Gasteiger charge is -2.39. The average Bonchev–Trinajstić information content (AvgIpc) is 2.35. The van der Waals surface area contributed by atoms with Crippen LogP contribution >= 0.6 is 0 Å². The molecular formula is C19H42N2. The van der Waals surface area contributed by atoms with E-state index in [1.54, 1.807) is 0 Å². The van der Waals surface area contributed by atoms with Gasteiger partial charge < -0.3 is 10.2 Å². The predicted molar refractivity (Wildman–Crippen MR) is 97.0 cm³/mol. The van der Waals surface area contributed by atoms with E-state index in [4.69, 9.17) is 0 Å². The third-order valence-corrected chi connectivity index (χ3v) is 4.26. The highest BCUT2D eigenvalue weighted by Gasteiger charge is 2.28. The number of unbranched alkanes of at least 4 members (excludes halogenated alkanes) is 2. The Bertz CT molecular complexity index is 255. The molecule has 0 radical (unpaired) electrons. The van der Waals surface area contributed by atoms with E-state index in [0.29, 0.717) is 11.5 Å². The molecule has 21 heavy (non-hydrogen) atoms. The molecule has 2 heteroatoms. The van der Waals surface area contributed by atoms with Gasteiger partial charge in [-0.15, -0.1) is 0 Å². The van der Waals surface area contributed by atoms with Crippen LogP contribution in [0, 0.1) is 5.41 Å². The van der Waals surface area contributed by atoms with Crippen LogP contribution in [0.4, 0.5) is 0 Å². The molecule has 0 aliphatic rings. The van der Waals surface area contributed by atoms with Crippen LogP contribution < -0.4 is 5.32 Å². The highest BCUT2D eigenvalue weighted by molar-refractivity contribution is 4.85. The molecule has 0 aliphatic heterocycles. The molecule has 0 saturated heterocycles. The SMILES string of the molecule is CCCCCN(CC(C)(CCC)CNC(C)(C)C)C(C)C. The van der Waals surface area contributed by atoms with Gasteiger partial charge in [-0.05, 0) is 59.4 Å². The van der Waals surface area contributed by atoms with Gasteiger partial charge in [0.2, 0.25) is 0 Å². The van der Waals surface area contributed by atoms with Gasteiger partial charge in [-0.25, -0.2) is 0 Å². The Labute approximate surface area is 135 Å². The maximum Gasteiger partial charge on any atom is 0.00967 e. The maximum atomic E-state index is 3.73. The molecule has 0 aliphatic carbocycles. The summed E-state index contributed by atoms with van der Waals surface area (Å²) in [6, 6.07) is 0.646. The lowest BCUT2D eigenvalue weighted by Crippen LogP contribution is -2.49. The van der Waals surface area contributed by atoms with Crippen molar-refractivity contribution >= 4 is 0 Å². The zero-order chi connectivity index (χ0) is 16.5. The molecule has 2 nitrogen and oxygen atoms in total. The normalized spacial score (nSPS) is 15.7. The van der Waals surface area contributed by atoms with Crippen molar-refractivity contribution in [2.45, 2.75) is 99.1 Å². The first-order valence-corrected chi connectivity index (χ1v) is 9.12. The molecule has 0 rings (SSSR count). The first-order chi connectivity index (χ1) is 9.63. The van der Waals surface area contributed by atoms with Gasteiger partial charge in [-0.1, -0.05) is 40.0 Å². The molecule has 0 bridgehead atoms. The van der Waals surface area contributed by atoms with Crippen molar-refractivity contribution < 1.29 is 0 Å². The maximum absolute atomic E-state index is 3.73. The van der Waals surface area contributed by atoms with Gasteiger partial charge in [0, 0.05) is 24.7 Å². The summed E-state index contributed by atoms with van der Waals surface area (Å²) in [6.07, 6.45) is 6.57. The zero-order valence-corrected chi connectivity index (χ0v) is 16.2. The van der Waals surface area contributed by atoms with E-state index in [0.717, 1.165) is 6.54 Å². The van der Waals surface area contributed by atoms with Gasteiger partial charge in [0.25, 0.3) is 0 Å². The summed E-state index contributed by atoms with van der Waals surface area (Å²) in [5.74, 6) is 0. The van der Waals surface area contributed by atoms with E-state index in [2.05, 4.69) is 65.6 Å². The van der Waals surface area contributed by atoms with E-state index in [1.807, 2.05) is 0 Å². The Morgan fingerprint density at radius 2 is 1.57 bits per heavy atom. The minimum absolute atomic E-state index is 0.208. The van der Waals surface area contributed by atoms with Crippen LogP contribution in [-0.2, 0) is 0 Å². The summed E-state index contributed by atoms with van der Waals surface area (Å²) in [5, 5.41) is 3.73. The van der Waals surface area contributed by atoms with Crippen LogP contribution in [0.15, 0.2) is 0 Å². The molecule has 0 heterocycles. The Kier molecular flexibility index (Phi) is 9.80. The third kappa shape index (κ3) is 10.3. The largest absolute Gasteiger partial charge is 0.311 e. The minimum Gasteiger partial charge on any atom is -0.311 e. The van der Waals surface area contributed by atoms with Crippen molar-refractivity contribution in [1.29, 1.82) is 0 Å². The number of rotatable bonds is 11. The van der Waals surface area contributed by atoms with Crippen molar-refractivity contribution in [2.75, 3.05) is 19.6 Å². The summed E-state index contributed by atoms with van der Waals surface area (Å²) in [4.78, 5) is 2.69. The van der Waals surface area contributed by atoms with Crippen LogP contribution in [0.2, 0.25) is 0 Å².